The summed E-state index contributed by atoms with van der Waals surface area (Å²) >= 11 is 0. The molecule has 4 nitrogen and oxygen atoms in total. The van der Waals surface area contributed by atoms with Gasteiger partial charge in [0.15, 0.2) is 0 Å². The minimum Gasteiger partial charge on any atom is -0.496 e. The standard InChI is InChI=1S/C13H19NO3/c1-9-10(2)12(17-3)5-4-11(9)8-14-7-6-13(15)16/h4-5,14H,6-8H2,1-3H3,(H,15,16). The zero-order valence-electron chi connectivity index (χ0n) is 10.5. The Kier molecular flexibility index (Phi) is 4.97. The van der Waals surface area contributed by atoms with Gasteiger partial charge in [-0.3, -0.25) is 4.79 Å². The molecule has 0 aliphatic rings. The monoisotopic (exact) mass is 237 g/mol. The molecule has 0 bridgehead atoms. The molecule has 0 heterocycles. The largest absolute Gasteiger partial charge is 0.496 e. The number of hydrogen-bond donors (Lipinski definition) is 2. The number of nitrogens with one attached hydrogen (secondary N) is 1. The van der Waals surface area contributed by atoms with E-state index in [4.69, 9.17) is 9.84 Å². The smallest absolute Gasteiger partial charge is 0.304 e. The first-order valence-electron chi connectivity index (χ1n) is 5.62. The maximum Gasteiger partial charge on any atom is 0.304 e. The van der Waals surface area contributed by atoms with Crippen molar-refractivity contribution >= 4 is 5.97 Å². The second-order valence-corrected chi connectivity index (χ2v) is 4.00. The SMILES string of the molecule is COc1ccc(CNCCC(=O)O)c(C)c1C. The van der Waals surface area contributed by atoms with Gasteiger partial charge < -0.3 is 15.2 Å². The average molecular weight is 237 g/mol. The lowest BCUT2D eigenvalue weighted by Gasteiger charge is -2.12. The fourth-order valence-corrected chi connectivity index (χ4v) is 1.68. The van der Waals surface area contributed by atoms with Crippen molar-refractivity contribution in [1.82, 2.24) is 5.32 Å². The lowest BCUT2D eigenvalue weighted by Crippen LogP contribution is -2.18. The number of methoxy groups -OCH3 is 1. The predicted molar refractivity (Wildman–Crippen MR) is 66.4 cm³/mol. The summed E-state index contributed by atoms with van der Waals surface area (Å²) in [4.78, 5) is 10.4. The molecule has 94 valence electrons. The summed E-state index contributed by atoms with van der Waals surface area (Å²) in [7, 11) is 1.66. The van der Waals surface area contributed by atoms with Crippen LogP contribution in [0.1, 0.15) is 23.1 Å². The first-order chi connectivity index (χ1) is 8.06. The van der Waals surface area contributed by atoms with Gasteiger partial charge >= 0.3 is 5.97 Å². The number of hydrogen-bond acceptors (Lipinski definition) is 3. The zero-order chi connectivity index (χ0) is 12.8. The van der Waals surface area contributed by atoms with Crippen molar-refractivity contribution in [3.63, 3.8) is 0 Å². The molecule has 0 atom stereocenters. The molecule has 0 saturated heterocycles. The number of carbonyl (C=O) groups is 1. The summed E-state index contributed by atoms with van der Waals surface area (Å²) in [6.45, 7) is 5.24. The Morgan fingerprint density at radius 2 is 2.06 bits per heavy atom. The number of benzene rings is 1. The van der Waals surface area contributed by atoms with Gasteiger partial charge in [0.05, 0.1) is 13.5 Å². The number of rotatable bonds is 6. The third kappa shape index (κ3) is 3.75. The van der Waals surface area contributed by atoms with E-state index < -0.39 is 5.97 Å². The maximum atomic E-state index is 10.4. The maximum absolute atomic E-state index is 10.4. The molecular formula is C13H19NO3. The van der Waals surface area contributed by atoms with Crippen LogP contribution in [0.5, 0.6) is 5.75 Å². The van der Waals surface area contributed by atoms with Crippen molar-refractivity contribution in [1.29, 1.82) is 0 Å². The van der Waals surface area contributed by atoms with E-state index in [1.807, 2.05) is 26.0 Å². The van der Waals surface area contributed by atoms with Gasteiger partial charge in [-0.1, -0.05) is 6.07 Å². The highest BCUT2D eigenvalue weighted by Gasteiger charge is 2.06. The lowest BCUT2D eigenvalue weighted by atomic mass is 10.0. The molecule has 1 aromatic rings. The van der Waals surface area contributed by atoms with Gasteiger partial charge in [0.25, 0.3) is 0 Å². The Labute approximate surface area is 102 Å². The quantitative estimate of drug-likeness (QED) is 0.742. The van der Waals surface area contributed by atoms with E-state index in [9.17, 15) is 4.79 Å². The molecule has 0 aliphatic heterocycles. The lowest BCUT2D eigenvalue weighted by molar-refractivity contribution is -0.136. The van der Waals surface area contributed by atoms with Crippen LogP contribution in [0.2, 0.25) is 0 Å². The fourth-order valence-electron chi connectivity index (χ4n) is 1.68. The molecule has 1 rings (SSSR count). The molecule has 0 aliphatic carbocycles. The molecule has 0 radical (unpaired) electrons. The molecule has 0 aromatic heterocycles. The van der Waals surface area contributed by atoms with Gasteiger partial charge in [0.1, 0.15) is 5.75 Å². The zero-order valence-corrected chi connectivity index (χ0v) is 10.5. The molecule has 0 amide bonds. The number of carboxylic acid groups (broad SMARTS) is 1. The molecule has 0 saturated carbocycles. The van der Waals surface area contributed by atoms with Gasteiger partial charge in [-0.2, -0.15) is 0 Å². The predicted octanol–water partition coefficient (Wildman–Crippen LogP) is 1.88. The Morgan fingerprint density at radius 1 is 1.35 bits per heavy atom. The van der Waals surface area contributed by atoms with Gasteiger partial charge in [-0.05, 0) is 36.6 Å². The van der Waals surface area contributed by atoms with Crippen LogP contribution in [-0.2, 0) is 11.3 Å². The highest BCUT2D eigenvalue weighted by atomic mass is 16.5. The molecule has 0 unspecified atom stereocenters. The third-order valence-electron chi connectivity index (χ3n) is 2.90. The third-order valence-corrected chi connectivity index (χ3v) is 2.90. The van der Waals surface area contributed by atoms with Crippen LogP contribution >= 0.6 is 0 Å². The van der Waals surface area contributed by atoms with Crippen molar-refractivity contribution in [2.24, 2.45) is 0 Å². The van der Waals surface area contributed by atoms with E-state index in [1.54, 1.807) is 7.11 Å². The molecule has 0 fully saturated rings. The van der Waals surface area contributed by atoms with E-state index in [0.29, 0.717) is 13.1 Å². The summed E-state index contributed by atoms with van der Waals surface area (Å²) in [6.07, 6.45) is 0.147. The second-order valence-electron chi connectivity index (χ2n) is 4.00. The van der Waals surface area contributed by atoms with E-state index >= 15 is 0 Å². The van der Waals surface area contributed by atoms with Crippen LogP contribution in [0, 0.1) is 13.8 Å². The molecule has 1 aromatic carbocycles. The van der Waals surface area contributed by atoms with E-state index in [2.05, 4.69) is 5.32 Å². The van der Waals surface area contributed by atoms with E-state index in [1.165, 1.54) is 11.1 Å². The number of carboxylic acids is 1. The van der Waals surface area contributed by atoms with Gasteiger partial charge in [-0.25, -0.2) is 0 Å². The Hall–Kier alpha value is -1.55. The van der Waals surface area contributed by atoms with E-state index in [-0.39, 0.29) is 6.42 Å². The number of aliphatic carboxylic acids is 1. The van der Waals surface area contributed by atoms with Crippen LogP contribution < -0.4 is 10.1 Å². The Morgan fingerprint density at radius 3 is 2.65 bits per heavy atom. The van der Waals surface area contributed by atoms with Crippen molar-refractivity contribution in [2.45, 2.75) is 26.8 Å². The van der Waals surface area contributed by atoms with Crippen LogP contribution in [-0.4, -0.2) is 24.7 Å². The summed E-state index contributed by atoms with van der Waals surface area (Å²) in [5.74, 6) is 0.108. The van der Waals surface area contributed by atoms with Crippen molar-refractivity contribution < 1.29 is 14.6 Å². The van der Waals surface area contributed by atoms with Crippen LogP contribution in [0.4, 0.5) is 0 Å². The Balaban J connectivity index is 2.60. The number of ether oxygens (including phenoxy) is 1. The molecule has 4 heteroatoms. The van der Waals surface area contributed by atoms with Crippen LogP contribution in [0.3, 0.4) is 0 Å². The Bertz CT molecular complexity index is 402. The first kappa shape index (κ1) is 13.5. The minimum atomic E-state index is -0.778. The van der Waals surface area contributed by atoms with Crippen molar-refractivity contribution in [2.75, 3.05) is 13.7 Å². The summed E-state index contributed by atoms with van der Waals surface area (Å²) < 4.78 is 5.24. The van der Waals surface area contributed by atoms with Crippen molar-refractivity contribution in [3.05, 3.63) is 28.8 Å². The average Bonchev–Trinajstić information content (AvgIpc) is 2.29. The summed E-state index contributed by atoms with van der Waals surface area (Å²) in [5, 5.41) is 11.6. The van der Waals surface area contributed by atoms with Crippen molar-refractivity contribution in [3.8, 4) is 5.75 Å². The normalized spacial score (nSPS) is 10.3. The summed E-state index contributed by atoms with van der Waals surface area (Å²) in [6, 6.07) is 3.95. The highest BCUT2D eigenvalue weighted by Crippen LogP contribution is 2.23. The van der Waals surface area contributed by atoms with Gasteiger partial charge in [-0.15, -0.1) is 0 Å². The molecule has 0 spiro atoms. The first-order valence-corrected chi connectivity index (χ1v) is 5.62. The minimum absolute atomic E-state index is 0.147. The highest BCUT2D eigenvalue weighted by molar-refractivity contribution is 5.66. The fraction of sp³-hybridized carbons (Fsp3) is 0.462. The summed E-state index contributed by atoms with van der Waals surface area (Å²) in [5.41, 5.74) is 3.49. The topological polar surface area (TPSA) is 58.6 Å². The van der Waals surface area contributed by atoms with E-state index in [0.717, 1.165) is 11.3 Å². The van der Waals surface area contributed by atoms with Gasteiger partial charge in [0.2, 0.25) is 0 Å². The molecular weight excluding hydrogens is 218 g/mol. The second kappa shape index (κ2) is 6.25. The van der Waals surface area contributed by atoms with Crippen LogP contribution in [0.15, 0.2) is 12.1 Å². The molecule has 2 N–H and O–H groups in total. The molecule has 17 heavy (non-hydrogen) atoms. The van der Waals surface area contributed by atoms with Crippen LogP contribution in [0.25, 0.3) is 0 Å². The van der Waals surface area contributed by atoms with Gasteiger partial charge in [0, 0.05) is 13.1 Å².